The third-order valence-corrected chi connectivity index (χ3v) is 3.24. The third-order valence-electron chi connectivity index (χ3n) is 3.24. The van der Waals surface area contributed by atoms with E-state index >= 15 is 0 Å². The fraction of sp³-hybridized carbons (Fsp3) is 0.615. The Hall–Kier alpha value is -1.73. The first-order valence-electron chi connectivity index (χ1n) is 6.68. The first kappa shape index (κ1) is 14.7. The molecular formula is C13H19N3O4. The summed E-state index contributed by atoms with van der Waals surface area (Å²) in [4.78, 5) is 14.3. The zero-order valence-corrected chi connectivity index (χ0v) is 11.6. The molecule has 0 radical (unpaired) electrons. The number of nitrogens with zero attached hydrogens (tertiary/aromatic N) is 2. The topological polar surface area (TPSA) is 101 Å². The van der Waals surface area contributed by atoms with Crippen molar-refractivity contribution in [2.45, 2.75) is 44.9 Å². The number of ether oxygens (including phenoxy) is 2. The van der Waals surface area contributed by atoms with Gasteiger partial charge in [0.05, 0.1) is 0 Å². The lowest BCUT2D eigenvalue weighted by molar-refractivity contribution is -0.391. The molecule has 2 N–H and O–H groups in total. The van der Waals surface area contributed by atoms with Crippen molar-refractivity contribution in [1.29, 1.82) is 0 Å². The van der Waals surface area contributed by atoms with E-state index in [1.165, 1.54) is 0 Å². The summed E-state index contributed by atoms with van der Waals surface area (Å²) in [6.45, 7) is 4.31. The van der Waals surface area contributed by atoms with Gasteiger partial charge in [0.1, 0.15) is 17.9 Å². The summed E-state index contributed by atoms with van der Waals surface area (Å²) in [5, 5.41) is 11.0. The summed E-state index contributed by atoms with van der Waals surface area (Å²) in [6.07, 6.45) is 1.05. The minimum absolute atomic E-state index is 0.0796. The molecule has 0 aliphatic heterocycles. The van der Waals surface area contributed by atoms with Crippen molar-refractivity contribution >= 4 is 5.82 Å². The summed E-state index contributed by atoms with van der Waals surface area (Å²) >= 11 is 0. The van der Waals surface area contributed by atoms with Crippen LogP contribution in [-0.4, -0.2) is 34.8 Å². The van der Waals surface area contributed by atoms with Gasteiger partial charge in [0.25, 0.3) is 0 Å². The van der Waals surface area contributed by atoms with Crippen LogP contribution in [0, 0.1) is 17.0 Å². The Balaban J connectivity index is 2.08. The molecule has 1 aromatic rings. The van der Waals surface area contributed by atoms with Crippen LogP contribution in [0.1, 0.15) is 25.5 Å². The lowest BCUT2D eigenvalue weighted by atomic mass is 9.86. The van der Waals surface area contributed by atoms with E-state index in [-0.39, 0.29) is 29.8 Å². The Bertz CT molecular complexity index is 495. The minimum Gasteiger partial charge on any atom is -0.479 e. The van der Waals surface area contributed by atoms with Gasteiger partial charge in [-0.3, -0.25) is 0 Å². The monoisotopic (exact) mass is 281 g/mol. The molecule has 7 nitrogen and oxygen atoms in total. The highest BCUT2D eigenvalue weighted by Crippen LogP contribution is 2.32. The number of nitro groups is 1. The van der Waals surface area contributed by atoms with Crippen LogP contribution >= 0.6 is 0 Å². The van der Waals surface area contributed by atoms with E-state index in [9.17, 15) is 10.1 Å². The molecule has 20 heavy (non-hydrogen) atoms. The van der Waals surface area contributed by atoms with E-state index < -0.39 is 4.92 Å². The molecule has 1 aliphatic carbocycles. The van der Waals surface area contributed by atoms with E-state index in [1.54, 1.807) is 19.1 Å². The van der Waals surface area contributed by atoms with E-state index in [0.717, 1.165) is 6.42 Å². The van der Waals surface area contributed by atoms with Crippen LogP contribution in [0.4, 0.5) is 5.82 Å². The van der Waals surface area contributed by atoms with Gasteiger partial charge < -0.3 is 25.3 Å². The minimum atomic E-state index is -0.539. The van der Waals surface area contributed by atoms with Gasteiger partial charge in [-0.05, 0) is 28.5 Å². The zero-order chi connectivity index (χ0) is 14.7. The third kappa shape index (κ3) is 3.05. The van der Waals surface area contributed by atoms with Crippen molar-refractivity contribution in [1.82, 2.24) is 4.98 Å². The molecule has 3 unspecified atom stereocenters. The average Bonchev–Trinajstić information content (AvgIpc) is 2.40. The SMILES string of the molecule is CCCOC1C(N)CC1Oc1ccc(C)nc1[N+](=O)[O-]. The van der Waals surface area contributed by atoms with Gasteiger partial charge in [0.2, 0.25) is 5.75 Å². The molecule has 0 amide bonds. The van der Waals surface area contributed by atoms with Gasteiger partial charge in [-0.25, -0.2) is 0 Å². The zero-order valence-electron chi connectivity index (χ0n) is 11.6. The average molecular weight is 281 g/mol. The van der Waals surface area contributed by atoms with Crippen molar-refractivity contribution in [3.63, 3.8) is 0 Å². The van der Waals surface area contributed by atoms with Crippen molar-refractivity contribution in [2.24, 2.45) is 5.73 Å². The Kier molecular flexibility index (Phi) is 4.51. The molecule has 7 heteroatoms. The summed E-state index contributed by atoms with van der Waals surface area (Å²) in [5.41, 5.74) is 6.45. The van der Waals surface area contributed by atoms with Crippen LogP contribution in [0.5, 0.6) is 5.75 Å². The maximum atomic E-state index is 11.0. The van der Waals surface area contributed by atoms with Crippen LogP contribution in [0.2, 0.25) is 0 Å². The molecule has 1 aliphatic rings. The van der Waals surface area contributed by atoms with E-state index in [2.05, 4.69) is 4.98 Å². The maximum absolute atomic E-state index is 11.0. The molecule has 1 aromatic heterocycles. The molecule has 3 atom stereocenters. The number of aromatic nitrogens is 1. The fourth-order valence-electron chi connectivity index (χ4n) is 2.13. The van der Waals surface area contributed by atoms with Crippen molar-refractivity contribution in [2.75, 3.05) is 6.61 Å². The number of nitrogens with two attached hydrogens (primary N) is 1. The second kappa shape index (κ2) is 6.15. The smallest absolute Gasteiger partial charge is 0.406 e. The first-order valence-corrected chi connectivity index (χ1v) is 6.68. The van der Waals surface area contributed by atoms with Crippen LogP contribution in [0.3, 0.4) is 0 Å². The van der Waals surface area contributed by atoms with Crippen molar-refractivity contribution < 1.29 is 14.4 Å². The normalized spacial score (nSPS) is 25.1. The van der Waals surface area contributed by atoms with Gasteiger partial charge in [-0.15, -0.1) is 0 Å². The number of hydrogen-bond donors (Lipinski definition) is 1. The predicted octanol–water partition coefficient (Wildman–Crippen LogP) is 1.57. The predicted molar refractivity (Wildman–Crippen MR) is 72.7 cm³/mol. The highest BCUT2D eigenvalue weighted by molar-refractivity contribution is 5.40. The van der Waals surface area contributed by atoms with Crippen molar-refractivity contribution in [3.05, 3.63) is 27.9 Å². The Morgan fingerprint density at radius 2 is 2.30 bits per heavy atom. The number of hydrogen-bond acceptors (Lipinski definition) is 6. The second-order valence-electron chi connectivity index (χ2n) is 4.92. The van der Waals surface area contributed by atoms with Crippen molar-refractivity contribution in [3.8, 4) is 5.75 Å². The second-order valence-corrected chi connectivity index (χ2v) is 4.92. The van der Waals surface area contributed by atoms with Crippen LogP contribution in [0.15, 0.2) is 12.1 Å². The molecule has 2 rings (SSSR count). The Labute approximate surface area is 117 Å². The van der Waals surface area contributed by atoms with Gasteiger partial charge >= 0.3 is 5.82 Å². The van der Waals surface area contributed by atoms with E-state index in [1.807, 2.05) is 6.92 Å². The van der Waals surface area contributed by atoms with Crippen LogP contribution in [0.25, 0.3) is 0 Å². The summed E-state index contributed by atoms with van der Waals surface area (Å²) in [7, 11) is 0. The largest absolute Gasteiger partial charge is 0.479 e. The fourth-order valence-corrected chi connectivity index (χ4v) is 2.13. The molecule has 0 spiro atoms. The molecule has 1 saturated carbocycles. The summed E-state index contributed by atoms with van der Waals surface area (Å²) in [6, 6.07) is 3.17. The molecule has 0 aromatic carbocycles. The number of aryl methyl sites for hydroxylation is 1. The van der Waals surface area contributed by atoms with Crippen LogP contribution < -0.4 is 10.5 Å². The standard InChI is InChI=1S/C13H19N3O4/c1-3-6-19-12-9(14)7-11(12)20-10-5-4-8(2)15-13(10)16(17)18/h4-5,9,11-12H,3,6-7,14H2,1-2H3. The molecule has 1 heterocycles. The van der Waals surface area contributed by atoms with Gasteiger partial charge in [0.15, 0.2) is 0 Å². The van der Waals surface area contributed by atoms with Gasteiger partial charge in [-0.2, -0.15) is 0 Å². The maximum Gasteiger partial charge on any atom is 0.406 e. The van der Waals surface area contributed by atoms with Gasteiger partial charge in [-0.1, -0.05) is 6.92 Å². The summed E-state index contributed by atoms with van der Waals surface area (Å²) in [5.74, 6) is -0.0951. The highest BCUT2D eigenvalue weighted by atomic mass is 16.6. The Morgan fingerprint density at radius 1 is 1.55 bits per heavy atom. The molecule has 110 valence electrons. The quantitative estimate of drug-likeness (QED) is 0.627. The van der Waals surface area contributed by atoms with E-state index in [0.29, 0.717) is 18.7 Å². The molecular weight excluding hydrogens is 262 g/mol. The van der Waals surface area contributed by atoms with Gasteiger partial charge in [0, 0.05) is 26.0 Å². The molecule has 0 saturated heterocycles. The Morgan fingerprint density at radius 3 is 2.90 bits per heavy atom. The summed E-state index contributed by atoms with van der Waals surface area (Å²) < 4.78 is 11.3. The number of pyridine rings is 1. The lowest BCUT2D eigenvalue weighted by Gasteiger charge is -2.41. The first-order chi connectivity index (χ1) is 9.52. The number of rotatable bonds is 6. The molecule has 0 bridgehead atoms. The van der Waals surface area contributed by atoms with Crippen LogP contribution in [-0.2, 0) is 4.74 Å². The highest BCUT2D eigenvalue weighted by Gasteiger charge is 2.42. The molecule has 1 fully saturated rings. The lowest BCUT2D eigenvalue weighted by Crippen LogP contribution is -2.59. The van der Waals surface area contributed by atoms with E-state index in [4.69, 9.17) is 15.2 Å².